The van der Waals surface area contributed by atoms with Crippen LogP contribution in [-0.4, -0.2) is 5.91 Å². The van der Waals surface area contributed by atoms with Gasteiger partial charge >= 0.3 is 0 Å². The van der Waals surface area contributed by atoms with Crippen LogP contribution in [0.4, 0.5) is 5.69 Å². The lowest BCUT2D eigenvalue weighted by atomic mass is 10.1. The van der Waals surface area contributed by atoms with E-state index in [1.807, 2.05) is 53.4 Å². The lowest BCUT2D eigenvalue weighted by Crippen LogP contribution is -2.30. The van der Waals surface area contributed by atoms with E-state index in [0.717, 1.165) is 29.7 Å². The minimum absolute atomic E-state index is 0.137. The molecular formula is C32H37NO. The molecule has 0 N–H and O–H groups in total. The maximum atomic E-state index is 13.2. The van der Waals surface area contributed by atoms with Crippen LogP contribution in [-0.2, 0) is 17.8 Å². The molecule has 34 heavy (non-hydrogen) atoms. The maximum absolute atomic E-state index is 13.2. The lowest BCUT2D eigenvalue weighted by Gasteiger charge is -2.23. The first-order chi connectivity index (χ1) is 16.8. The molecule has 0 aromatic heterocycles. The zero-order chi connectivity index (χ0) is 23.8. The van der Waals surface area contributed by atoms with Crippen molar-refractivity contribution in [2.24, 2.45) is 0 Å². The molecule has 3 aromatic carbocycles. The van der Waals surface area contributed by atoms with Crippen LogP contribution >= 0.6 is 0 Å². The third-order valence-corrected chi connectivity index (χ3v) is 6.02. The first kappa shape index (κ1) is 25.3. The van der Waals surface area contributed by atoms with Crippen molar-refractivity contribution >= 4 is 11.6 Å². The molecule has 3 aromatic rings. The Morgan fingerprint density at radius 3 is 2.09 bits per heavy atom. The quantitative estimate of drug-likeness (QED) is 0.202. The van der Waals surface area contributed by atoms with Crippen molar-refractivity contribution in [3.63, 3.8) is 0 Å². The minimum atomic E-state index is 0.137. The Labute approximate surface area is 206 Å². The molecule has 0 aliphatic rings. The number of carbonyl (C=O) groups excluding carboxylic acids is 1. The van der Waals surface area contributed by atoms with E-state index in [-0.39, 0.29) is 5.91 Å². The summed E-state index contributed by atoms with van der Waals surface area (Å²) < 4.78 is 0. The molecule has 0 unspecified atom stereocenters. The largest absolute Gasteiger partial charge is 0.308 e. The zero-order valence-electron chi connectivity index (χ0n) is 20.5. The molecule has 0 spiro atoms. The fourth-order valence-corrected chi connectivity index (χ4v) is 4.00. The molecule has 3 rings (SSSR count). The van der Waals surface area contributed by atoms with E-state index in [4.69, 9.17) is 0 Å². The van der Waals surface area contributed by atoms with Crippen molar-refractivity contribution in [1.82, 2.24) is 0 Å². The van der Waals surface area contributed by atoms with Gasteiger partial charge in [-0.15, -0.1) is 0 Å². The van der Waals surface area contributed by atoms with Crippen LogP contribution in [0.1, 0.15) is 75.0 Å². The summed E-state index contributed by atoms with van der Waals surface area (Å²) in [6.45, 7) is 2.81. The summed E-state index contributed by atoms with van der Waals surface area (Å²) in [5, 5.41) is 0. The fourth-order valence-electron chi connectivity index (χ4n) is 4.00. The van der Waals surface area contributed by atoms with Gasteiger partial charge < -0.3 is 4.90 Å². The van der Waals surface area contributed by atoms with Crippen LogP contribution < -0.4 is 4.90 Å². The number of benzene rings is 3. The number of aryl methyl sites for hydroxylation is 1. The molecule has 2 nitrogen and oxygen atoms in total. The van der Waals surface area contributed by atoms with E-state index >= 15 is 0 Å². The number of hydrogen-bond donors (Lipinski definition) is 0. The molecule has 0 heterocycles. The number of hydrogen-bond acceptors (Lipinski definition) is 1. The van der Waals surface area contributed by atoms with Gasteiger partial charge in [0, 0.05) is 24.1 Å². The number of para-hydroxylation sites is 1. The van der Waals surface area contributed by atoms with E-state index in [2.05, 4.69) is 55.2 Å². The van der Waals surface area contributed by atoms with Gasteiger partial charge in [-0.25, -0.2) is 0 Å². The van der Waals surface area contributed by atoms with Crippen LogP contribution in [0.15, 0.2) is 84.9 Å². The molecular weight excluding hydrogens is 414 g/mol. The molecule has 0 aliphatic carbocycles. The van der Waals surface area contributed by atoms with Gasteiger partial charge in [0.15, 0.2) is 0 Å². The number of nitrogens with zero attached hydrogens (tertiary/aromatic N) is 1. The van der Waals surface area contributed by atoms with Gasteiger partial charge in [-0.1, -0.05) is 112 Å². The molecule has 2 heteroatoms. The van der Waals surface area contributed by atoms with Gasteiger partial charge in [0.2, 0.25) is 5.91 Å². The van der Waals surface area contributed by atoms with Crippen LogP contribution in [0, 0.1) is 11.8 Å². The minimum Gasteiger partial charge on any atom is -0.308 e. The molecule has 0 aliphatic heterocycles. The molecule has 0 atom stereocenters. The number of anilines is 1. The van der Waals surface area contributed by atoms with Gasteiger partial charge in [-0.3, -0.25) is 4.79 Å². The summed E-state index contributed by atoms with van der Waals surface area (Å²) in [6.07, 6.45) is 9.97. The van der Waals surface area contributed by atoms with Crippen molar-refractivity contribution in [3.8, 4) is 11.8 Å². The Morgan fingerprint density at radius 1 is 0.735 bits per heavy atom. The monoisotopic (exact) mass is 451 g/mol. The van der Waals surface area contributed by atoms with E-state index < -0.39 is 0 Å². The summed E-state index contributed by atoms with van der Waals surface area (Å²) in [4.78, 5) is 15.1. The smallest absolute Gasteiger partial charge is 0.227 e. The Bertz CT molecular complexity index is 1030. The Kier molecular flexibility index (Phi) is 11.0. The van der Waals surface area contributed by atoms with Crippen molar-refractivity contribution in [2.75, 3.05) is 4.90 Å². The first-order valence-corrected chi connectivity index (χ1v) is 12.7. The third kappa shape index (κ3) is 8.91. The van der Waals surface area contributed by atoms with Crippen molar-refractivity contribution < 1.29 is 4.79 Å². The highest BCUT2D eigenvalue weighted by atomic mass is 16.2. The molecule has 0 saturated heterocycles. The average molecular weight is 452 g/mol. The van der Waals surface area contributed by atoms with Gasteiger partial charge in [-0.05, 0) is 48.2 Å². The molecule has 0 saturated carbocycles. The second-order valence-corrected chi connectivity index (χ2v) is 8.82. The predicted molar refractivity (Wildman–Crippen MR) is 144 cm³/mol. The van der Waals surface area contributed by atoms with Gasteiger partial charge in [0.1, 0.15) is 0 Å². The Hall–Kier alpha value is -3.31. The Balaban J connectivity index is 1.56. The normalized spacial score (nSPS) is 10.4. The summed E-state index contributed by atoms with van der Waals surface area (Å²) in [7, 11) is 0. The second kappa shape index (κ2) is 14.8. The summed E-state index contributed by atoms with van der Waals surface area (Å²) in [5.74, 6) is 6.74. The summed E-state index contributed by atoms with van der Waals surface area (Å²) in [5.41, 5.74) is 4.27. The zero-order valence-corrected chi connectivity index (χ0v) is 20.5. The maximum Gasteiger partial charge on any atom is 0.227 e. The highest BCUT2D eigenvalue weighted by Crippen LogP contribution is 2.19. The highest BCUT2D eigenvalue weighted by molar-refractivity contribution is 5.93. The lowest BCUT2D eigenvalue weighted by molar-refractivity contribution is -0.118. The van der Waals surface area contributed by atoms with Crippen molar-refractivity contribution in [1.29, 1.82) is 0 Å². The average Bonchev–Trinajstić information content (AvgIpc) is 2.89. The Morgan fingerprint density at radius 2 is 1.38 bits per heavy atom. The molecule has 0 fully saturated rings. The molecule has 0 radical (unpaired) electrons. The second-order valence-electron chi connectivity index (χ2n) is 8.82. The van der Waals surface area contributed by atoms with Crippen LogP contribution in [0.25, 0.3) is 0 Å². The predicted octanol–water partition coefficient (Wildman–Crippen LogP) is 7.95. The molecule has 0 bridgehead atoms. The van der Waals surface area contributed by atoms with E-state index in [9.17, 15) is 4.79 Å². The number of rotatable bonds is 12. The number of unbranched alkanes of at least 4 members (excludes halogenated alkanes) is 6. The van der Waals surface area contributed by atoms with Crippen LogP contribution in [0.3, 0.4) is 0 Å². The van der Waals surface area contributed by atoms with Crippen LogP contribution in [0.5, 0.6) is 0 Å². The third-order valence-electron chi connectivity index (χ3n) is 6.02. The van der Waals surface area contributed by atoms with Crippen molar-refractivity contribution in [3.05, 3.63) is 102 Å². The van der Waals surface area contributed by atoms with Gasteiger partial charge in [0.05, 0.1) is 6.54 Å². The van der Waals surface area contributed by atoms with Crippen molar-refractivity contribution in [2.45, 2.75) is 71.3 Å². The molecule has 1 amide bonds. The standard InChI is InChI=1S/C32H37NO/c1-2-3-4-5-6-7-8-11-18-29-21-23-30(24-22-29)27-33(31-19-14-10-15-20-31)32(34)26-25-28-16-12-9-13-17-28/h9-10,12-17,19-24H,2-8,25-27H2,1H3. The van der Waals surface area contributed by atoms with Gasteiger partial charge in [-0.2, -0.15) is 0 Å². The summed E-state index contributed by atoms with van der Waals surface area (Å²) in [6, 6.07) is 28.5. The summed E-state index contributed by atoms with van der Waals surface area (Å²) >= 11 is 0. The number of carbonyl (C=O) groups is 1. The van der Waals surface area contributed by atoms with E-state index in [0.29, 0.717) is 13.0 Å². The van der Waals surface area contributed by atoms with E-state index in [1.165, 1.54) is 44.1 Å². The fraction of sp³-hybridized carbons (Fsp3) is 0.344. The van der Waals surface area contributed by atoms with Crippen LogP contribution in [0.2, 0.25) is 0 Å². The highest BCUT2D eigenvalue weighted by Gasteiger charge is 2.16. The number of amides is 1. The SMILES string of the molecule is CCCCCCCCC#Cc1ccc(CN(C(=O)CCc2ccccc2)c2ccccc2)cc1. The van der Waals surface area contributed by atoms with Gasteiger partial charge in [0.25, 0.3) is 0 Å². The van der Waals surface area contributed by atoms with E-state index in [1.54, 1.807) is 0 Å². The topological polar surface area (TPSA) is 20.3 Å². The first-order valence-electron chi connectivity index (χ1n) is 12.7. The molecule has 176 valence electrons.